The Morgan fingerprint density at radius 2 is 1.47 bits per heavy atom. The SMILES string of the molecule is CC(=O)NS(=O)(=O)c1ccc(NC(=O)C(NS(=O)(=O)c2cccc(C(F)(F)F)c2)C(C)C)cc1. The van der Waals surface area contributed by atoms with E-state index in [1.165, 1.54) is 26.0 Å². The van der Waals surface area contributed by atoms with Gasteiger partial charge in [0.2, 0.25) is 21.8 Å². The zero-order valence-electron chi connectivity index (χ0n) is 18.2. The predicted molar refractivity (Wildman–Crippen MR) is 116 cm³/mol. The van der Waals surface area contributed by atoms with E-state index < -0.39 is 60.5 Å². The third-order valence-electron chi connectivity index (χ3n) is 4.41. The Morgan fingerprint density at radius 3 is 1.97 bits per heavy atom. The van der Waals surface area contributed by atoms with E-state index in [0.29, 0.717) is 6.07 Å². The smallest absolute Gasteiger partial charge is 0.325 e. The van der Waals surface area contributed by atoms with E-state index in [2.05, 4.69) is 10.0 Å². The second kappa shape index (κ2) is 10.1. The lowest BCUT2D eigenvalue weighted by Crippen LogP contribution is -2.47. The summed E-state index contributed by atoms with van der Waals surface area (Å²) >= 11 is 0. The van der Waals surface area contributed by atoms with Crippen LogP contribution in [0.2, 0.25) is 0 Å². The van der Waals surface area contributed by atoms with Crippen LogP contribution in [0.4, 0.5) is 18.9 Å². The van der Waals surface area contributed by atoms with Gasteiger partial charge in [0.05, 0.1) is 15.4 Å². The summed E-state index contributed by atoms with van der Waals surface area (Å²) in [5.41, 5.74) is -1.04. The quantitative estimate of drug-likeness (QED) is 0.488. The minimum absolute atomic E-state index is 0.121. The molecule has 0 fully saturated rings. The molecular weight excluding hydrogens is 499 g/mol. The average molecular weight is 522 g/mol. The van der Waals surface area contributed by atoms with E-state index >= 15 is 0 Å². The second-order valence-electron chi connectivity index (χ2n) is 7.54. The first-order valence-corrected chi connectivity index (χ1v) is 12.6. The summed E-state index contributed by atoms with van der Waals surface area (Å²) in [5.74, 6) is -2.20. The van der Waals surface area contributed by atoms with Crippen LogP contribution in [0.25, 0.3) is 0 Å². The molecule has 0 aliphatic carbocycles. The summed E-state index contributed by atoms with van der Waals surface area (Å²) in [6, 6.07) is 6.45. The zero-order chi connectivity index (χ0) is 25.9. The zero-order valence-corrected chi connectivity index (χ0v) is 19.8. The van der Waals surface area contributed by atoms with Gasteiger partial charge in [-0.3, -0.25) is 9.59 Å². The first-order valence-electron chi connectivity index (χ1n) is 9.67. The topological polar surface area (TPSA) is 139 Å². The van der Waals surface area contributed by atoms with E-state index in [1.807, 2.05) is 0 Å². The number of rotatable bonds is 8. The lowest BCUT2D eigenvalue weighted by molar-refractivity contribution is -0.137. The molecule has 0 heterocycles. The van der Waals surface area contributed by atoms with Crippen LogP contribution >= 0.6 is 0 Å². The normalized spacial score (nSPS) is 13.4. The van der Waals surface area contributed by atoms with Crippen LogP contribution in [-0.4, -0.2) is 34.7 Å². The molecule has 2 amide bonds. The van der Waals surface area contributed by atoms with E-state index in [0.717, 1.165) is 37.3 Å². The van der Waals surface area contributed by atoms with Crippen molar-refractivity contribution in [2.24, 2.45) is 5.92 Å². The Hall–Kier alpha value is -2.97. The maximum Gasteiger partial charge on any atom is 0.416 e. The number of carbonyl (C=O) groups is 2. The number of anilines is 1. The Kier molecular flexibility index (Phi) is 8.11. The third kappa shape index (κ3) is 7.01. The minimum Gasteiger partial charge on any atom is -0.325 e. The lowest BCUT2D eigenvalue weighted by Gasteiger charge is -2.22. The fourth-order valence-electron chi connectivity index (χ4n) is 2.75. The molecule has 2 aromatic rings. The number of halogens is 3. The van der Waals surface area contributed by atoms with Crippen molar-refractivity contribution < 1.29 is 39.6 Å². The Bertz CT molecular complexity index is 1280. The van der Waals surface area contributed by atoms with Gasteiger partial charge in [0, 0.05) is 12.6 Å². The third-order valence-corrected chi connectivity index (χ3v) is 7.30. The number of hydrogen-bond acceptors (Lipinski definition) is 6. The standard InChI is InChI=1S/C20H22F3N3O6S2/c1-12(2)18(26-34(31,32)17-6-4-5-14(11-17)20(21,22)23)19(28)24-15-7-9-16(10-8-15)33(29,30)25-13(3)27/h4-12,18,26H,1-3H3,(H,24,28)(H,25,27). The molecule has 0 saturated carbocycles. The molecule has 14 heteroatoms. The number of amides is 2. The lowest BCUT2D eigenvalue weighted by atomic mass is 10.0. The van der Waals surface area contributed by atoms with Crippen molar-refractivity contribution in [3.05, 3.63) is 54.1 Å². The first-order chi connectivity index (χ1) is 15.5. The number of alkyl halides is 3. The van der Waals surface area contributed by atoms with Gasteiger partial charge in [0.15, 0.2) is 0 Å². The molecule has 186 valence electrons. The summed E-state index contributed by atoms with van der Waals surface area (Å²) in [5, 5.41) is 2.42. The van der Waals surface area contributed by atoms with E-state index in [9.17, 15) is 39.6 Å². The van der Waals surface area contributed by atoms with Crippen LogP contribution in [-0.2, 0) is 35.8 Å². The highest BCUT2D eigenvalue weighted by Gasteiger charge is 2.33. The molecule has 2 aromatic carbocycles. The van der Waals surface area contributed by atoms with Crippen LogP contribution in [0.3, 0.4) is 0 Å². The largest absolute Gasteiger partial charge is 0.416 e. The number of sulfonamides is 2. The van der Waals surface area contributed by atoms with Crippen LogP contribution in [0.15, 0.2) is 58.3 Å². The van der Waals surface area contributed by atoms with Crippen LogP contribution in [0, 0.1) is 5.92 Å². The van der Waals surface area contributed by atoms with Crippen molar-refractivity contribution in [3.63, 3.8) is 0 Å². The van der Waals surface area contributed by atoms with Crippen LogP contribution in [0.1, 0.15) is 26.3 Å². The van der Waals surface area contributed by atoms with E-state index in [4.69, 9.17) is 0 Å². The Morgan fingerprint density at radius 1 is 0.882 bits per heavy atom. The van der Waals surface area contributed by atoms with Gasteiger partial charge in [0.1, 0.15) is 6.04 Å². The van der Waals surface area contributed by atoms with Crippen LogP contribution < -0.4 is 14.8 Å². The molecule has 0 bridgehead atoms. The van der Waals surface area contributed by atoms with Gasteiger partial charge in [0.25, 0.3) is 10.0 Å². The number of hydrogen-bond donors (Lipinski definition) is 3. The molecule has 0 spiro atoms. The Labute approximate surface area is 194 Å². The molecule has 9 nitrogen and oxygen atoms in total. The van der Waals surface area contributed by atoms with Crippen molar-refractivity contribution in [2.45, 2.75) is 42.8 Å². The van der Waals surface area contributed by atoms with Crippen molar-refractivity contribution >= 4 is 37.5 Å². The maximum atomic E-state index is 12.9. The average Bonchev–Trinajstić information content (AvgIpc) is 2.70. The van der Waals surface area contributed by atoms with Gasteiger partial charge in [-0.1, -0.05) is 19.9 Å². The van der Waals surface area contributed by atoms with Crippen LogP contribution in [0.5, 0.6) is 0 Å². The fourth-order valence-corrected chi connectivity index (χ4v) is 5.13. The highest BCUT2D eigenvalue weighted by molar-refractivity contribution is 7.90. The molecule has 3 N–H and O–H groups in total. The molecule has 1 unspecified atom stereocenters. The monoisotopic (exact) mass is 521 g/mol. The highest BCUT2D eigenvalue weighted by atomic mass is 32.2. The molecule has 0 aromatic heterocycles. The fraction of sp³-hybridized carbons (Fsp3) is 0.300. The molecular formula is C20H22F3N3O6S2. The van der Waals surface area contributed by atoms with Crippen molar-refractivity contribution in [1.29, 1.82) is 0 Å². The van der Waals surface area contributed by atoms with Gasteiger partial charge in [-0.05, 0) is 48.4 Å². The summed E-state index contributed by atoms with van der Waals surface area (Å²) in [7, 11) is -8.58. The molecule has 1 atom stereocenters. The minimum atomic E-state index is -4.75. The predicted octanol–water partition coefficient (Wildman–Crippen LogP) is 2.47. The van der Waals surface area contributed by atoms with Gasteiger partial charge >= 0.3 is 6.18 Å². The van der Waals surface area contributed by atoms with Gasteiger partial charge in [-0.2, -0.15) is 17.9 Å². The maximum absolute atomic E-state index is 12.9. The van der Waals surface area contributed by atoms with E-state index in [1.54, 1.807) is 4.72 Å². The van der Waals surface area contributed by atoms with Crippen molar-refractivity contribution in [2.75, 3.05) is 5.32 Å². The molecule has 34 heavy (non-hydrogen) atoms. The summed E-state index contributed by atoms with van der Waals surface area (Å²) in [6.45, 7) is 4.09. The second-order valence-corrected chi connectivity index (χ2v) is 10.9. The van der Waals surface area contributed by atoms with Gasteiger partial charge < -0.3 is 5.32 Å². The summed E-state index contributed by atoms with van der Waals surface area (Å²) < 4.78 is 92.0. The molecule has 0 radical (unpaired) electrons. The van der Waals surface area contributed by atoms with Gasteiger partial charge in [-0.15, -0.1) is 0 Å². The number of nitrogens with one attached hydrogen (secondary N) is 3. The highest BCUT2D eigenvalue weighted by Crippen LogP contribution is 2.30. The number of carbonyl (C=O) groups excluding carboxylic acids is 2. The van der Waals surface area contributed by atoms with Crippen molar-refractivity contribution in [3.8, 4) is 0 Å². The summed E-state index contributed by atoms with van der Waals surface area (Å²) in [4.78, 5) is 22.8. The van der Waals surface area contributed by atoms with Crippen molar-refractivity contribution in [1.82, 2.24) is 9.44 Å². The van der Waals surface area contributed by atoms with E-state index in [-0.39, 0.29) is 10.6 Å². The summed E-state index contributed by atoms with van der Waals surface area (Å²) in [6.07, 6.45) is -4.75. The molecule has 2 rings (SSSR count). The first kappa shape index (κ1) is 27.3. The Balaban J connectivity index is 2.23. The molecule has 0 aliphatic rings. The van der Waals surface area contributed by atoms with Gasteiger partial charge in [-0.25, -0.2) is 21.6 Å². The molecule has 0 aliphatic heterocycles. The molecule has 0 saturated heterocycles. The number of benzene rings is 2.